The molecule has 1 fully saturated rings. The van der Waals surface area contributed by atoms with Crippen molar-refractivity contribution in [3.8, 4) is 0 Å². The summed E-state index contributed by atoms with van der Waals surface area (Å²) in [5.74, 6) is -0.443. The van der Waals surface area contributed by atoms with Gasteiger partial charge in [-0.2, -0.15) is 0 Å². The lowest BCUT2D eigenvalue weighted by Crippen LogP contribution is -2.37. The van der Waals surface area contributed by atoms with Gasteiger partial charge in [0.05, 0.1) is 11.5 Å². The molecule has 17 heavy (non-hydrogen) atoms. The number of carbonyl (C=O) groups is 2. The molecule has 0 unspecified atom stereocenters. The first-order valence-corrected chi connectivity index (χ1v) is 5.93. The number of hydrogen-bond acceptors (Lipinski definition) is 3. The number of nitrogens with one attached hydrogen (secondary N) is 1. The third kappa shape index (κ3) is 3.61. The topological polar surface area (TPSA) is 75.6 Å². The first-order chi connectivity index (χ1) is 7.72. The van der Waals surface area contributed by atoms with Crippen molar-refractivity contribution >= 4 is 12.1 Å². The standard InChI is InChI=1S/C12H21NO4/c1-7(2)5-8-9(17-11(16)13-8)6-12(3,4)10(14)15/h7-9H,5-6H2,1-4H3,(H,13,16)(H,14,15)/t8-,9-/m0/s1. The number of rotatable bonds is 5. The van der Waals surface area contributed by atoms with Gasteiger partial charge in [-0.05, 0) is 26.2 Å². The molecule has 0 bridgehead atoms. The van der Waals surface area contributed by atoms with Crippen LogP contribution in [0, 0.1) is 11.3 Å². The molecule has 1 saturated heterocycles. The van der Waals surface area contributed by atoms with E-state index in [1.807, 2.05) is 0 Å². The molecular formula is C12H21NO4. The van der Waals surface area contributed by atoms with Crippen LogP contribution in [0.2, 0.25) is 0 Å². The molecule has 0 aliphatic carbocycles. The molecule has 1 aliphatic heterocycles. The minimum absolute atomic E-state index is 0.0823. The van der Waals surface area contributed by atoms with Crippen LogP contribution in [0.1, 0.15) is 40.5 Å². The minimum atomic E-state index is -0.883. The Morgan fingerprint density at radius 2 is 2.12 bits per heavy atom. The van der Waals surface area contributed by atoms with Crippen LogP contribution in [0.15, 0.2) is 0 Å². The predicted molar refractivity (Wildman–Crippen MR) is 62.7 cm³/mol. The van der Waals surface area contributed by atoms with Gasteiger partial charge >= 0.3 is 12.1 Å². The summed E-state index contributed by atoms with van der Waals surface area (Å²) in [6.45, 7) is 7.41. The van der Waals surface area contributed by atoms with E-state index in [2.05, 4.69) is 19.2 Å². The van der Waals surface area contributed by atoms with Gasteiger partial charge in [-0.1, -0.05) is 13.8 Å². The Labute approximate surface area is 102 Å². The quantitative estimate of drug-likeness (QED) is 0.774. The number of carboxylic acids is 1. The number of amides is 1. The van der Waals surface area contributed by atoms with Crippen LogP contribution in [-0.2, 0) is 9.53 Å². The number of hydrogen-bond donors (Lipinski definition) is 2. The Balaban J connectivity index is 2.68. The van der Waals surface area contributed by atoms with Crippen molar-refractivity contribution in [1.82, 2.24) is 5.32 Å². The zero-order chi connectivity index (χ0) is 13.2. The Morgan fingerprint density at radius 1 is 1.53 bits per heavy atom. The van der Waals surface area contributed by atoms with Crippen LogP contribution in [0.3, 0.4) is 0 Å². The van der Waals surface area contributed by atoms with Gasteiger partial charge in [-0.3, -0.25) is 4.79 Å². The fourth-order valence-corrected chi connectivity index (χ4v) is 1.99. The molecule has 98 valence electrons. The summed E-state index contributed by atoms with van der Waals surface area (Å²) in [6, 6.07) is -0.0823. The summed E-state index contributed by atoms with van der Waals surface area (Å²) in [4.78, 5) is 22.3. The molecular weight excluding hydrogens is 222 g/mol. The van der Waals surface area contributed by atoms with E-state index >= 15 is 0 Å². The van der Waals surface area contributed by atoms with Crippen molar-refractivity contribution in [3.05, 3.63) is 0 Å². The smallest absolute Gasteiger partial charge is 0.407 e. The molecule has 1 aliphatic rings. The van der Waals surface area contributed by atoms with E-state index in [0.717, 1.165) is 6.42 Å². The molecule has 1 rings (SSSR count). The highest BCUT2D eigenvalue weighted by atomic mass is 16.6. The van der Waals surface area contributed by atoms with Crippen LogP contribution in [0.4, 0.5) is 4.79 Å². The van der Waals surface area contributed by atoms with Crippen LogP contribution in [0.5, 0.6) is 0 Å². The van der Waals surface area contributed by atoms with E-state index in [9.17, 15) is 9.59 Å². The molecule has 0 radical (unpaired) electrons. The summed E-state index contributed by atoms with van der Waals surface area (Å²) in [7, 11) is 0. The lowest BCUT2D eigenvalue weighted by atomic mass is 9.83. The fraction of sp³-hybridized carbons (Fsp3) is 0.833. The highest BCUT2D eigenvalue weighted by molar-refractivity contribution is 5.74. The second-order valence-electron chi connectivity index (χ2n) is 5.72. The number of aliphatic carboxylic acids is 1. The zero-order valence-electron chi connectivity index (χ0n) is 10.8. The SMILES string of the molecule is CC(C)C[C@@H]1NC(=O)O[C@H]1CC(C)(C)C(=O)O. The lowest BCUT2D eigenvalue weighted by Gasteiger charge is -2.25. The summed E-state index contributed by atoms with van der Waals surface area (Å²) in [6.07, 6.45) is 0.336. The number of carbonyl (C=O) groups excluding carboxylic acids is 1. The van der Waals surface area contributed by atoms with E-state index < -0.39 is 17.5 Å². The fourth-order valence-electron chi connectivity index (χ4n) is 1.99. The summed E-state index contributed by atoms with van der Waals surface area (Å²) < 4.78 is 5.15. The molecule has 0 aromatic carbocycles. The Hall–Kier alpha value is -1.26. The van der Waals surface area contributed by atoms with E-state index in [1.54, 1.807) is 13.8 Å². The molecule has 2 N–H and O–H groups in total. The highest BCUT2D eigenvalue weighted by Gasteiger charge is 2.40. The van der Waals surface area contributed by atoms with Gasteiger partial charge < -0.3 is 15.2 Å². The Morgan fingerprint density at radius 3 is 2.59 bits per heavy atom. The van der Waals surface area contributed by atoms with Gasteiger partial charge in [-0.15, -0.1) is 0 Å². The van der Waals surface area contributed by atoms with Crippen LogP contribution < -0.4 is 5.32 Å². The minimum Gasteiger partial charge on any atom is -0.481 e. The molecule has 0 aromatic rings. The number of cyclic esters (lactones) is 1. The first-order valence-electron chi connectivity index (χ1n) is 5.93. The number of carboxylic acid groups (broad SMARTS) is 1. The van der Waals surface area contributed by atoms with Gasteiger partial charge in [0.1, 0.15) is 6.10 Å². The average Bonchev–Trinajstić information content (AvgIpc) is 2.44. The van der Waals surface area contributed by atoms with Gasteiger partial charge in [0.25, 0.3) is 0 Å². The van der Waals surface area contributed by atoms with E-state index in [0.29, 0.717) is 12.3 Å². The van der Waals surface area contributed by atoms with E-state index in [1.165, 1.54) is 0 Å². The van der Waals surface area contributed by atoms with Crippen LogP contribution in [0.25, 0.3) is 0 Å². The summed E-state index contributed by atoms with van der Waals surface area (Å²) >= 11 is 0. The van der Waals surface area contributed by atoms with E-state index in [-0.39, 0.29) is 12.1 Å². The summed E-state index contributed by atoms with van der Waals surface area (Å²) in [5.41, 5.74) is -0.883. The molecule has 0 aromatic heterocycles. The largest absolute Gasteiger partial charge is 0.481 e. The van der Waals surface area contributed by atoms with Crippen molar-refractivity contribution in [2.24, 2.45) is 11.3 Å². The molecule has 2 atom stereocenters. The van der Waals surface area contributed by atoms with Crippen molar-refractivity contribution in [2.75, 3.05) is 0 Å². The van der Waals surface area contributed by atoms with Crippen LogP contribution in [-0.4, -0.2) is 29.3 Å². The van der Waals surface area contributed by atoms with Crippen molar-refractivity contribution in [1.29, 1.82) is 0 Å². The Kier molecular flexibility index (Phi) is 4.01. The molecule has 5 nitrogen and oxygen atoms in total. The van der Waals surface area contributed by atoms with Crippen molar-refractivity contribution < 1.29 is 19.4 Å². The molecule has 1 amide bonds. The third-order valence-corrected chi connectivity index (χ3v) is 3.03. The molecule has 0 saturated carbocycles. The lowest BCUT2D eigenvalue weighted by molar-refractivity contribution is -0.148. The first kappa shape index (κ1) is 13.8. The highest BCUT2D eigenvalue weighted by Crippen LogP contribution is 2.29. The molecule has 5 heteroatoms. The maximum Gasteiger partial charge on any atom is 0.407 e. The second kappa shape index (κ2) is 4.94. The van der Waals surface area contributed by atoms with Gasteiger partial charge in [-0.25, -0.2) is 4.79 Å². The van der Waals surface area contributed by atoms with Gasteiger partial charge in [0.2, 0.25) is 0 Å². The third-order valence-electron chi connectivity index (χ3n) is 3.03. The average molecular weight is 243 g/mol. The number of alkyl carbamates (subject to hydrolysis) is 1. The van der Waals surface area contributed by atoms with Crippen molar-refractivity contribution in [3.63, 3.8) is 0 Å². The number of ether oxygens (including phenoxy) is 1. The van der Waals surface area contributed by atoms with E-state index in [4.69, 9.17) is 9.84 Å². The maximum atomic E-state index is 11.2. The van der Waals surface area contributed by atoms with Crippen molar-refractivity contribution in [2.45, 2.75) is 52.7 Å². The van der Waals surface area contributed by atoms with Gasteiger partial charge in [0.15, 0.2) is 0 Å². The second-order valence-corrected chi connectivity index (χ2v) is 5.72. The summed E-state index contributed by atoms with van der Waals surface area (Å²) in [5, 5.41) is 11.8. The molecule has 0 spiro atoms. The zero-order valence-corrected chi connectivity index (χ0v) is 10.8. The Bertz CT molecular complexity index is 312. The molecule has 1 heterocycles. The normalized spacial score (nSPS) is 24.6. The van der Waals surface area contributed by atoms with Crippen LogP contribution >= 0.6 is 0 Å². The van der Waals surface area contributed by atoms with Gasteiger partial charge in [0, 0.05) is 6.42 Å². The predicted octanol–water partition coefficient (Wildman–Crippen LogP) is 2.01. The maximum absolute atomic E-state index is 11.2. The monoisotopic (exact) mass is 243 g/mol.